The van der Waals surface area contributed by atoms with E-state index < -0.39 is 0 Å². The predicted octanol–water partition coefficient (Wildman–Crippen LogP) is 1.08. The van der Waals surface area contributed by atoms with E-state index >= 15 is 0 Å². The van der Waals surface area contributed by atoms with Crippen molar-refractivity contribution in [3.05, 3.63) is 0 Å². The van der Waals surface area contributed by atoms with Gasteiger partial charge in [0.15, 0.2) is 0 Å². The summed E-state index contributed by atoms with van der Waals surface area (Å²) in [5, 5.41) is 0. The highest BCUT2D eigenvalue weighted by Gasteiger charge is 2.17. The average molecular weight is 200 g/mol. The lowest BCUT2D eigenvalue weighted by Crippen LogP contribution is -2.29. The zero-order valence-corrected chi connectivity index (χ0v) is 9.54. The average Bonchev–Trinajstić information content (AvgIpc) is 2.50. The normalized spacial score (nSPS) is 23.6. The predicted molar refractivity (Wildman–Crippen MR) is 59.3 cm³/mol. The van der Waals surface area contributed by atoms with Crippen molar-refractivity contribution in [2.24, 2.45) is 11.7 Å². The first-order chi connectivity index (χ1) is 6.68. The van der Waals surface area contributed by atoms with Crippen LogP contribution in [0.1, 0.15) is 26.7 Å². The van der Waals surface area contributed by atoms with Crippen LogP contribution in [0.5, 0.6) is 0 Å². The first-order valence-electron chi connectivity index (χ1n) is 5.74. The minimum Gasteiger partial charge on any atom is -0.380 e. The molecule has 0 amide bonds. The molecule has 0 radical (unpaired) electrons. The molecule has 0 spiro atoms. The maximum atomic E-state index is 5.81. The van der Waals surface area contributed by atoms with Crippen molar-refractivity contribution >= 4 is 0 Å². The lowest BCUT2D eigenvalue weighted by molar-refractivity contribution is 0.102. The Labute approximate surface area is 87.6 Å². The van der Waals surface area contributed by atoms with Crippen LogP contribution < -0.4 is 5.73 Å². The van der Waals surface area contributed by atoms with E-state index in [1.165, 1.54) is 6.42 Å². The molecule has 0 aliphatic carbocycles. The minimum absolute atomic E-state index is 0.394. The lowest BCUT2D eigenvalue weighted by Gasteiger charge is -2.15. The molecule has 1 fully saturated rings. The lowest BCUT2D eigenvalue weighted by atomic mass is 10.1. The van der Waals surface area contributed by atoms with E-state index in [-0.39, 0.29) is 0 Å². The largest absolute Gasteiger partial charge is 0.380 e. The Morgan fingerprint density at radius 2 is 2.21 bits per heavy atom. The highest BCUT2D eigenvalue weighted by molar-refractivity contribution is 4.77. The van der Waals surface area contributed by atoms with Crippen LogP contribution in [-0.2, 0) is 4.74 Å². The summed E-state index contributed by atoms with van der Waals surface area (Å²) in [6.07, 6.45) is 2.31. The van der Waals surface area contributed by atoms with Crippen LogP contribution >= 0.6 is 0 Å². The van der Waals surface area contributed by atoms with Gasteiger partial charge in [0.25, 0.3) is 0 Å². The monoisotopic (exact) mass is 200 g/mol. The fourth-order valence-electron chi connectivity index (χ4n) is 1.68. The molecule has 1 aliphatic rings. The van der Waals surface area contributed by atoms with Crippen LogP contribution in [-0.4, -0.2) is 43.8 Å². The van der Waals surface area contributed by atoms with Crippen molar-refractivity contribution < 1.29 is 4.74 Å². The van der Waals surface area contributed by atoms with E-state index in [0.29, 0.717) is 6.04 Å². The number of hydrogen-bond donors (Lipinski definition) is 1. The van der Waals surface area contributed by atoms with Gasteiger partial charge in [-0.2, -0.15) is 0 Å². The minimum atomic E-state index is 0.394. The summed E-state index contributed by atoms with van der Waals surface area (Å²) in [4.78, 5) is 2.39. The summed E-state index contributed by atoms with van der Waals surface area (Å²) >= 11 is 0. The van der Waals surface area contributed by atoms with Gasteiger partial charge >= 0.3 is 0 Å². The Morgan fingerprint density at radius 3 is 2.79 bits per heavy atom. The zero-order valence-electron chi connectivity index (χ0n) is 9.54. The molecule has 14 heavy (non-hydrogen) atoms. The molecule has 1 saturated heterocycles. The summed E-state index contributed by atoms with van der Waals surface area (Å²) in [6.45, 7) is 9.46. The maximum absolute atomic E-state index is 5.81. The van der Waals surface area contributed by atoms with Crippen molar-refractivity contribution in [1.29, 1.82) is 0 Å². The number of hydrogen-bond acceptors (Lipinski definition) is 3. The van der Waals surface area contributed by atoms with Gasteiger partial charge in [0, 0.05) is 25.7 Å². The van der Waals surface area contributed by atoms with Crippen molar-refractivity contribution in [2.45, 2.75) is 32.7 Å². The van der Waals surface area contributed by atoms with Crippen molar-refractivity contribution in [1.82, 2.24) is 4.90 Å². The first-order valence-corrected chi connectivity index (χ1v) is 5.74. The standard InChI is InChI=1S/C11H24N2O/c1-10(2)4-7-14-8-6-13-5-3-11(12)9-13/h10-11H,3-9,12H2,1-2H3/t11-/m0/s1. The smallest absolute Gasteiger partial charge is 0.0593 e. The van der Waals surface area contributed by atoms with Gasteiger partial charge in [-0.25, -0.2) is 0 Å². The van der Waals surface area contributed by atoms with Crippen LogP contribution in [0.2, 0.25) is 0 Å². The molecule has 0 aromatic rings. The van der Waals surface area contributed by atoms with E-state index in [0.717, 1.165) is 45.2 Å². The van der Waals surface area contributed by atoms with E-state index in [4.69, 9.17) is 10.5 Å². The number of nitrogens with zero attached hydrogens (tertiary/aromatic N) is 1. The Kier molecular flexibility index (Phi) is 5.45. The number of nitrogens with two attached hydrogens (primary N) is 1. The van der Waals surface area contributed by atoms with Gasteiger partial charge in [0.05, 0.1) is 6.61 Å². The van der Waals surface area contributed by atoms with Crippen molar-refractivity contribution in [3.63, 3.8) is 0 Å². The van der Waals surface area contributed by atoms with Crippen LogP contribution in [0.3, 0.4) is 0 Å². The molecule has 1 atom stereocenters. The SMILES string of the molecule is CC(C)CCOCCN1CC[C@H](N)C1. The molecule has 2 N–H and O–H groups in total. The molecular weight excluding hydrogens is 176 g/mol. The van der Waals surface area contributed by atoms with Crippen molar-refractivity contribution in [3.8, 4) is 0 Å². The fraction of sp³-hybridized carbons (Fsp3) is 1.00. The van der Waals surface area contributed by atoms with E-state index in [2.05, 4.69) is 18.7 Å². The topological polar surface area (TPSA) is 38.5 Å². The van der Waals surface area contributed by atoms with Crippen molar-refractivity contribution in [2.75, 3.05) is 32.8 Å². The summed E-state index contributed by atoms with van der Waals surface area (Å²) in [5.74, 6) is 0.746. The third-order valence-corrected chi connectivity index (χ3v) is 2.70. The zero-order chi connectivity index (χ0) is 10.4. The van der Waals surface area contributed by atoms with Crippen LogP contribution in [0, 0.1) is 5.92 Å². The molecule has 84 valence electrons. The van der Waals surface area contributed by atoms with E-state index in [1.54, 1.807) is 0 Å². The molecule has 1 aliphatic heterocycles. The second kappa shape index (κ2) is 6.38. The van der Waals surface area contributed by atoms with Gasteiger partial charge in [-0.15, -0.1) is 0 Å². The maximum Gasteiger partial charge on any atom is 0.0593 e. The van der Waals surface area contributed by atoms with Crippen LogP contribution in [0.15, 0.2) is 0 Å². The summed E-state index contributed by atoms with van der Waals surface area (Å²) in [5.41, 5.74) is 5.81. The van der Waals surface area contributed by atoms with Gasteiger partial charge in [0.2, 0.25) is 0 Å². The third kappa shape index (κ3) is 4.94. The second-order valence-electron chi connectivity index (χ2n) is 4.64. The van der Waals surface area contributed by atoms with Gasteiger partial charge in [-0.3, -0.25) is 4.90 Å². The van der Waals surface area contributed by atoms with Gasteiger partial charge in [-0.1, -0.05) is 13.8 Å². The van der Waals surface area contributed by atoms with Crippen LogP contribution in [0.4, 0.5) is 0 Å². The number of ether oxygens (including phenoxy) is 1. The Hall–Kier alpha value is -0.120. The summed E-state index contributed by atoms with van der Waals surface area (Å²) in [6, 6.07) is 0.394. The third-order valence-electron chi connectivity index (χ3n) is 2.70. The Balaban J connectivity index is 1.89. The Bertz CT molecular complexity index is 150. The molecule has 3 nitrogen and oxygen atoms in total. The molecule has 1 rings (SSSR count). The molecule has 3 heteroatoms. The molecule has 0 aromatic heterocycles. The van der Waals surface area contributed by atoms with E-state index in [1.807, 2.05) is 0 Å². The van der Waals surface area contributed by atoms with Crippen LogP contribution in [0.25, 0.3) is 0 Å². The number of likely N-dealkylation sites (tertiary alicyclic amines) is 1. The Morgan fingerprint density at radius 1 is 1.43 bits per heavy atom. The van der Waals surface area contributed by atoms with E-state index in [9.17, 15) is 0 Å². The highest BCUT2D eigenvalue weighted by atomic mass is 16.5. The molecular formula is C11H24N2O. The molecule has 1 heterocycles. The van der Waals surface area contributed by atoms with Gasteiger partial charge in [0.1, 0.15) is 0 Å². The summed E-state index contributed by atoms with van der Waals surface area (Å²) < 4.78 is 5.56. The second-order valence-corrected chi connectivity index (χ2v) is 4.64. The van der Waals surface area contributed by atoms with Gasteiger partial charge < -0.3 is 10.5 Å². The first kappa shape index (κ1) is 12.0. The molecule has 0 saturated carbocycles. The fourth-order valence-corrected chi connectivity index (χ4v) is 1.68. The summed E-state index contributed by atoms with van der Waals surface area (Å²) in [7, 11) is 0. The number of rotatable bonds is 6. The molecule has 0 aromatic carbocycles. The highest BCUT2D eigenvalue weighted by Crippen LogP contribution is 2.06. The quantitative estimate of drug-likeness (QED) is 0.652. The molecule has 0 unspecified atom stereocenters. The molecule has 0 bridgehead atoms. The van der Waals surface area contributed by atoms with Gasteiger partial charge in [-0.05, 0) is 25.3 Å².